The number of nitrogens with one attached hydrogen (secondary N) is 2. The van der Waals surface area contributed by atoms with E-state index in [-0.39, 0.29) is 24.0 Å². The molecular weight excluding hydrogens is 398 g/mol. The van der Waals surface area contributed by atoms with Crippen molar-refractivity contribution in [2.24, 2.45) is 0 Å². The third-order valence-corrected chi connectivity index (χ3v) is 5.18. The Bertz CT molecular complexity index is 1030. The molecule has 0 saturated heterocycles. The topological polar surface area (TPSA) is 119 Å². The van der Waals surface area contributed by atoms with Crippen LogP contribution in [0.1, 0.15) is 54.8 Å². The molecular formula is C22H23N5O4. The summed E-state index contributed by atoms with van der Waals surface area (Å²) < 4.78 is 10.7. The zero-order valence-electron chi connectivity index (χ0n) is 17.1. The van der Waals surface area contributed by atoms with Gasteiger partial charge in [-0.2, -0.15) is 0 Å². The SMILES string of the molecule is CC(=O)OC1CCC(c2ccc(NC(=O)c3nnc(Nc4cccnc4)o3)cc2)CC1. The molecule has 0 atom stereocenters. The maximum Gasteiger partial charge on any atom is 0.320 e. The maximum atomic E-state index is 12.4. The number of amides is 1. The van der Waals surface area contributed by atoms with Gasteiger partial charge in [0.15, 0.2) is 0 Å². The highest BCUT2D eigenvalue weighted by atomic mass is 16.5. The molecule has 2 N–H and O–H groups in total. The van der Waals surface area contributed by atoms with Gasteiger partial charge in [0.1, 0.15) is 6.10 Å². The van der Waals surface area contributed by atoms with Crippen LogP contribution in [0, 0.1) is 0 Å². The number of anilines is 3. The fourth-order valence-corrected chi connectivity index (χ4v) is 3.70. The Balaban J connectivity index is 1.31. The van der Waals surface area contributed by atoms with Crippen molar-refractivity contribution in [1.82, 2.24) is 15.2 Å². The first-order valence-corrected chi connectivity index (χ1v) is 10.2. The van der Waals surface area contributed by atoms with Crippen molar-refractivity contribution in [3.05, 3.63) is 60.2 Å². The number of carbonyl (C=O) groups excluding carboxylic acids is 2. The molecule has 31 heavy (non-hydrogen) atoms. The molecule has 160 valence electrons. The molecule has 0 radical (unpaired) electrons. The summed E-state index contributed by atoms with van der Waals surface area (Å²) in [5.41, 5.74) is 2.53. The second kappa shape index (κ2) is 9.38. The Hall–Kier alpha value is -3.75. The number of aromatic nitrogens is 3. The molecule has 3 aromatic rings. The summed E-state index contributed by atoms with van der Waals surface area (Å²) in [5.74, 6) is -0.418. The van der Waals surface area contributed by atoms with Gasteiger partial charge in [-0.05, 0) is 61.4 Å². The highest BCUT2D eigenvalue weighted by Crippen LogP contribution is 2.34. The molecule has 0 bridgehead atoms. The quantitative estimate of drug-likeness (QED) is 0.572. The minimum atomic E-state index is -0.485. The van der Waals surface area contributed by atoms with Gasteiger partial charge in [0.05, 0.1) is 11.9 Å². The van der Waals surface area contributed by atoms with E-state index in [1.54, 1.807) is 24.5 Å². The standard InChI is InChI=1S/C22H23N5O4/c1-14(28)30-19-10-6-16(7-11-19)15-4-8-17(9-5-15)24-20(29)21-26-27-22(31-21)25-18-3-2-12-23-13-18/h2-5,8-9,12-13,16,19H,6-7,10-11H2,1H3,(H,24,29)(H,25,27). The lowest BCUT2D eigenvalue weighted by Crippen LogP contribution is -2.22. The minimum Gasteiger partial charge on any atom is -0.463 e. The predicted octanol–water partition coefficient (Wildman–Crippen LogP) is 4.05. The van der Waals surface area contributed by atoms with E-state index in [2.05, 4.69) is 25.8 Å². The minimum absolute atomic E-state index is 0.0271. The normalized spacial score (nSPS) is 18.2. The number of nitrogens with zero attached hydrogens (tertiary/aromatic N) is 3. The van der Waals surface area contributed by atoms with Crippen LogP contribution in [0.15, 0.2) is 53.2 Å². The van der Waals surface area contributed by atoms with Crippen LogP contribution >= 0.6 is 0 Å². The molecule has 1 fully saturated rings. The van der Waals surface area contributed by atoms with Crippen LogP contribution in [0.25, 0.3) is 0 Å². The molecule has 1 aliphatic carbocycles. The summed E-state index contributed by atoms with van der Waals surface area (Å²) in [6, 6.07) is 11.4. The van der Waals surface area contributed by atoms with E-state index in [0.29, 0.717) is 17.3 Å². The Labute approximate surface area is 179 Å². The van der Waals surface area contributed by atoms with Crippen molar-refractivity contribution in [2.75, 3.05) is 10.6 Å². The van der Waals surface area contributed by atoms with Crippen LogP contribution in [0.5, 0.6) is 0 Å². The van der Waals surface area contributed by atoms with E-state index in [9.17, 15) is 9.59 Å². The van der Waals surface area contributed by atoms with E-state index in [1.807, 2.05) is 24.3 Å². The smallest absolute Gasteiger partial charge is 0.320 e. The van der Waals surface area contributed by atoms with Gasteiger partial charge in [-0.25, -0.2) is 0 Å². The van der Waals surface area contributed by atoms with Crippen molar-refractivity contribution >= 4 is 29.3 Å². The average molecular weight is 421 g/mol. The number of rotatable bonds is 6. The van der Waals surface area contributed by atoms with Crippen LogP contribution in [-0.4, -0.2) is 33.2 Å². The number of carbonyl (C=O) groups is 2. The lowest BCUT2D eigenvalue weighted by Gasteiger charge is -2.28. The maximum absolute atomic E-state index is 12.4. The third kappa shape index (κ3) is 5.44. The summed E-state index contributed by atoms with van der Waals surface area (Å²) in [7, 11) is 0. The molecule has 0 spiro atoms. The summed E-state index contributed by atoms with van der Waals surface area (Å²) in [6.45, 7) is 1.45. The first-order valence-electron chi connectivity index (χ1n) is 10.2. The van der Waals surface area contributed by atoms with E-state index in [1.165, 1.54) is 12.5 Å². The largest absolute Gasteiger partial charge is 0.463 e. The van der Waals surface area contributed by atoms with Gasteiger partial charge in [0.2, 0.25) is 0 Å². The molecule has 2 aromatic heterocycles. The summed E-state index contributed by atoms with van der Waals surface area (Å²) in [4.78, 5) is 27.5. The lowest BCUT2D eigenvalue weighted by molar-refractivity contribution is -0.147. The molecule has 9 heteroatoms. The highest BCUT2D eigenvalue weighted by Gasteiger charge is 2.24. The Morgan fingerprint density at radius 2 is 1.81 bits per heavy atom. The number of esters is 1. The van der Waals surface area contributed by atoms with Crippen molar-refractivity contribution in [1.29, 1.82) is 0 Å². The predicted molar refractivity (Wildman–Crippen MR) is 113 cm³/mol. The van der Waals surface area contributed by atoms with Crippen molar-refractivity contribution in [3.63, 3.8) is 0 Å². The Kier molecular flexibility index (Phi) is 6.21. The van der Waals surface area contributed by atoms with E-state index < -0.39 is 5.91 Å². The molecule has 2 heterocycles. The van der Waals surface area contributed by atoms with Gasteiger partial charge in [0.25, 0.3) is 0 Å². The van der Waals surface area contributed by atoms with Gasteiger partial charge >= 0.3 is 23.8 Å². The molecule has 1 amide bonds. The van der Waals surface area contributed by atoms with Crippen molar-refractivity contribution in [3.8, 4) is 0 Å². The Morgan fingerprint density at radius 3 is 2.48 bits per heavy atom. The van der Waals surface area contributed by atoms with Crippen LogP contribution in [0.3, 0.4) is 0 Å². The average Bonchev–Trinajstić information content (AvgIpc) is 3.24. The van der Waals surface area contributed by atoms with E-state index >= 15 is 0 Å². The van der Waals surface area contributed by atoms with Crippen LogP contribution in [-0.2, 0) is 9.53 Å². The van der Waals surface area contributed by atoms with Gasteiger partial charge in [0, 0.05) is 18.8 Å². The van der Waals surface area contributed by atoms with Gasteiger partial charge in [-0.3, -0.25) is 14.6 Å². The third-order valence-electron chi connectivity index (χ3n) is 5.18. The summed E-state index contributed by atoms with van der Waals surface area (Å²) in [6.07, 6.45) is 6.96. The van der Waals surface area contributed by atoms with E-state index in [4.69, 9.17) is 9.15 Å². The van der Waals surface area contributed by atoms with Gasteiger partial charge in [-0.15, -0.1) is 5.10 Å². The first-order chi connectivity index (χ1) is 15.1. The summed E-state index contributed by atoms with van der Waals surface area (Å²) >= 11 is 0. The number of ether oxygens (including phenoxy) is 1. The monoisotopic (exact) mass is 421 g/mol. The zero-order chi connectivity index (χ0) is 21.6. The number of hydrogen-bond donors (Lipinski definition) is 2. The molecule has 9 nitrogen and oxygen atoms in total. The second-order valence-corrected chi connectivity index (χ2v) is 7.44. The molecule has 1 aromatic carbocycles. The molecule has 1 aliphatic rings. The molecule has 0 unspecified atom stereocenters. The lowest BCUT2D eigenvalue weighted by atomic mass is 9.82. The number of benzene rings is 1. The first kappa shape index (κ1) is 20.5. The number of hydrogen-bond acceptors (Lipinski definition) is 8. The van der Waals surface area contributed by atoms with Gasteiger partial charge < -0.3 is 19.8 Å². The van der Waals surface area contributed by atoms with Crippen LogP contribution in [0.2, 0.25) is 0 Å². The highest BCUT2D eigenvalue weighted by molar-refractivity contribution is 6.00. The van der Waals surface area contributed by atoms with E-state index in [0.717, 1.165) is 25.7 Å². The fourth-order valence-electron chi connectivity index (χ4n) is 3.70. The molecule has 4 rings (SSSR count). The van der Waals surface area contributed by atoms with Crippen LogP contribution < -0.4 is 10.6 Å². The molecule has 1 saturated carbocycles. The summed E-state index contributed by atoms with van der Waals surface area (Å²) in [5, 5.41) is 13.3. The zero-order valence-corrected chi connectivity index (χ0v) is 17.1. The van der Waals surface area contributed by atoms with Crippen LogP contribution in [0.4, 0.5) is 17.4 Å². The van der Waals surface area contributed by atoms with Crippen molar-refractivity contribution in [2.45, 2.75) is 44.6 Å². The molecule has 0 aliphatic heterocycles. The fraction of sp³-hybridized carbons (Fsp3) is 0.318. The number of pyridine rings is 1. The Morgan fingerprint density at radius 1 is 1.03 bits per heavy atom. The van der Waals surface area contributed by atoms with Gasteiger partial charge in [-0.1, -0.05) is 17.2 Å². The second-order valence-electron chi connectivity index (χ2n) is 7.44. The van der Waals surface area contributed by atoms with Crippen molar-refractivity contribution < 1.29 is 18.7 Å².